The van der Waals surface area contributed by atoms with Gasteiger partial charge in [-0.3, -0.25) is 4.79 Å². The Morgan fingerprint density at radius 1 is 1.43 bits per heavy atom. The van der Waals surface area contributed by atoms with E-state index in [0.717, 1.165) is 0 Å². The van der Waals surface area contributed by atoms with Gasteiger partial charge in [-0.15, -0.1) is 0 Å². The van der Waals surface area contributed by atoms with Crippen LogP contribution in [0.2, 0.25) is 0 Å². The summed E-state index contributed by atoms with van der Waals surface area (Å²) < 4.78 is 5.43. The zero-order valence-electron chi connectivity index (χ0n) is 12.3. The third-order valence-electron chi connectivity index (χ3n) is 2.66. The maximum atomic E-state index is 9.61. The van der Waals surface area contributed by atoms with Crippen LogP contribution in [0.15, 0.2) is 11.9 Å². The summed E-state index contributed by atoms with van der Waals surface area (Å²) in [4.78, 5) is 9.22. The number of carbonyl (C=O) groups excluding carboxylic acids is 1. The second-order valence-electron chi connectivity index (χ2n) is 4.96. The first-order valence-corrected chi connectivity index (χ1v) is 6.49. The topological polar surface area (TPSA) is 168 Å². The highest BCUT2D eigenvalue weighted by molar-refractivity contribution is 5.70. The molecule has 0 saturated carbocycles. The van der Waals surface area contributed by atoms with E-state index in [9.17, 15) is 15.0 Å². The molecule has 1 amide bonds. The normalized spacial score (nSPS) is 29.3. The number of hydrazine groups is 1. The van der Waals surface area contributed by atoms with E-state index in [1.165, 1.54) is 11.9 Å². The van der Waals surface area contributed by atoms with E-state index in [0.29, 0.717) is 12.1 Å². The molecule has 0 spiro atoms. The minimum atomic E-state index is -1.06. The zero-order chi connectivity index (χ0) is 16.6. The molecule has 1 fully saturated rings. The quantitative estimate of drug-likeness (QED) is 0.242. The summed E-state index contributed by atoms with van der Waals surface area (Å²) in [7, 11) is 1.64. The summed E-state index contributed by atoms with van der Waals surface area (Å²) in [5.74, 6) is 5.07. The Bertz CT molecular complexity index is 347. The zero-order valence-corrected chi connectivity index (χ0v) is 12.3. The van der Waals surface area contributed by atoms with Gasteiger partial charge in [-0.1, -0.05) is 0 Å². The SMILES string of the molecule is CC(N)=O.CN(N)/C=C(\N)CC1CC(O)C(O)C(CO)O1. The van der Waals surface area contributed by atoms with Crippen molar-refractivity contribution in [2.75, 3.05) is 13.7 Å². The lowest BCUT2D eigenvalue weighted by molar-refractivity contribution is -0.178. The second kappa shape index (κ2) is 9.53. The molecule has 9 nitrogen and oxygen atoms in total. The van der Waals surface area contributed by atoms with Crippen LogP contribution in [0.5, 0.6) is 0 Å². The molecule has 0 aliphatic carbocycles. The Kier molecular flexibility index (Phi) is 8.90. The molecule has 0 radical (unpaired) electrons. The Morgan fingerprint density at radius 3 is 2.38 bits per heavy atom. The molecule has 1 saturated heterocycles. The summed E-state index contributed by atoms with van der Waals surface area (Å²) >= 11 is 0. The van der Waals surface area contributed by atoms with Gasteiger partial charge in [-0.25, -0.2) is 5.84 Å². The van der Waals surface area contributed by atoms with E-state index in [-0.39, 0.29) is 25.0 Å². The number of carbonyl (C=O) groups is 1. The number of nitrogens with two attached hydrogens (primary N) is 3. The predicted molar refractivity (Wildman–Crippen MR) is 76.1 cm³/mol. The smallest absolute Gasteiger partial charge is 0.214 e. The molecule has 0 aromatic rings. The minimum absolute atomic E-state index is 0.278. The summed E-state index contributed by atoms with van der Waals surface area (Å²) in [6.07, 6.45) is -0.848. The van der Waals surface area contributed by atoms with Crippen molar-refractivity contribution in [1.82, 2.24) is 5.01 Å². The molecule has 1 aliphatic heterocycles. The van der Waals surface area contributed by atoms with Gasteiger partial charge in [0.25, 0.3) is 0 Å². The number of aliphatic hydroxyl groups is 3. The van der Waals surface area contributed by atoms with Crippen molar-refractivity contribution in [1.29, 1.82) is 0 Å². The molecule has 1 rings (SSSR count). The summed E-state index contributed by atoms with van der Waals surface area (Å²) in [5, 5.41) is 29.5. The van der Waals surface area contributed by atoms with Crippen molar-refractivity contribution >= 4 is 5.91 Å². The van der Waals surface area contributed by atoms with Gasteiger partial charge in [0.1, 0.15) is 12.2 Å². The molecule has 9 N–H and O–H groups in total. The maximum absolute atomic E-state index is 9.61. The molecule has 9 heteroatoms. The Hall–Kier alpha value is -1.39. The third-order valence-corrected chi connectivity index (χ3v) is 2.66. The van der Waals surface area contributed by atoms with Crippen LogP contribution in [0, 0.1) is 0 Å². The van der Waals surface area contributed by atoms with Gasteiger partial charge in [0, 0.05) is 38.7 Å². The van der Waals surface area contributed by atoms with E-state index in [2.05, 4.69) is 5.73 Å². The van der Waals surface area contributed by atoms with Crippen LogP contribution in [-0.2, 0) is 9.53 Å². The van der Waals surface area contributed by atoms with Crippen molar-refractivity contribution in [2.45, 2.75) is 44.2 Å². The van der Waals surface area contributed by atoms with Crippen LogP contribution in [0.25, 0.3) is 0 Å². The molecule has 4 unspecified atom stereocenters. The van der Waals surface area contributed by atoms with Gasteiger partial charge in [0.05, 0.1) is 18.8 Å². The van der Waals surface area contributed by atoms with Crippen LogP contribution >= 0.6 is 0 Å². The van der Waals surface area contributed by atoms with Crippen LogP contribution in [0.4, 0.5) is 0 Å². The molecule has 0 aromatic heterocycles. The fourth-order valence-electron chi connectivity index (χ4n) is 1.90. The fourth-order valence-corrected chi connectivity index (χ4v) is 1.90. The molecule has 4 atom stereocenters. The highest BCUT2D eigenvalue weighted by Crippen LogP contribution is 2.23. The lowest BCUT2D eigenvalue weighted by atomic mass is 9.96. The lowest BCUT2D eigenvalue weighted by Gasteiger charge is -2.36. The van der Waals surface area contributed by atoms with E-state index >= 15 is 0 Å². The van der Waals surface area contributed by atoms with Gasteiger partial charge in [0.2, 0.25) is 5.91 Å². The first-order chi connectivity index (χ1) is 9.67. The molecule has 1 heterocycles. The molecule has 124 valence electrons. The summed E-state index contributed by atoms with van der Waals surface area (Å²) in [6.45, 7) is 0.967. The number of amides is 1. The average Bonchev–Trinajstić information content (AvgIpc) is 2.31. The monoisotopic (exact) mass is 306 g/mol. The molecular weight excluding hydrogens is 280 g/mol. The maximum Gasteiger partial charge on any atom is 0.214 e. The van der Waals surface area contributed by atoms with Crippen LogP contribution in [0.3, 0.4) is 0 Å². The molecule has 1 aliphatic rings. The molecule has 0 bridgehead atoms. The number of ether oxygens (including phenoxy) is 1. The second-order valence-corrected chi connectivity index (χ2v) is 4.96. The number of aliphatic hydroxyl groups excluding tert-OH is 3. The fraction of sp³-hybridized carbons (Fsp3) is 0.750. The van der Waals surface area contributed by atoms with Gasteiger partial charge in [-0.05, 0) is 0 Å². The Labute approximate surface area is 123 Å². The van der Waals surface area contributed by atoms with Crippen molar-refractivity contribution in [3.05, 3.63) is 11.9 Å². The van der Waals surface area contributed by atoms with Gasteiger partial charge in [0.15, 0.2) is 0 Å². The lowest BCUT2D eigenvalue weighted by Crippen LogP contribution is -2.50. The number of hydrogen-bond donors (Lipinski definition) is 6. The van der Waals surface area contributed by atoms with Crippen LogP contribution in [0.1, 0.15) is 19.8 Å². The van der Waals surface area contributed by atoms with E-state index < -0.39 is 18.3 Å². The van der Waals surface area contributed by atoms with Crippen LogP contribution < -0.4 is 17.3 Å². The Morgan fingerprint density at radius 2 is 1.95 bits per heavy atom. The van der Waals surface area contributed by atoms with Gasteiger partial charge in [-0.2, -0.15) is 0 Å². The first-order valence-electron chi connectivity index (χ1n) is 6.49. The molecular formula is C12H26N4O5. The number of nitrogens with zero attached hydrogens (tertiary/aromatic N) is 1. The largest absolute Gasteiger partial charge is 0.401 e. The number of primary amides is 1. The van der Waals surface area contributed by atoms with Crippen LogP contribution in [-0.4, -0.2) is 64.3 Å². The standard InChI is InChI=1S/C10H21N3O4.C2H5NO/c1-13(12)4-6(11)2-7-3-8(15)10(16)9(5-14)17-7;1-2(3)4/h4,7-10,14-16H,2-3,5,11-12H2,1H3;1H3,(H2,3,4)/b6-4-;. The van der Waals surface area contributed by atoms with Gasteiger partial charge < -0.3 is 36.5 Å². The van der Waals surface area contributed by atoms with Crippen molar-refractivity contribution in [2.24, 2.45) is 17.3 Å². The summed E-state index contributed by atoms with van der Waals surface area (Å²) in [5.41, 5.74) is 10.7. The number of hydrogen-bond acceptors (Lipinski definition) is 8. The average molecular weight is 306 g/mol. The third kappa shape index (κ3) is 8.48. The molecule has 21 heavy (non-hydrogen) atoms. The van der Waals surface area contributed by atoms with E-state index in [1.54, 1.807) is 13.2 Å². The minimum Gasteiger partial charge on any atom is -0.401 e. The molecule has 0 aromatic carbocycles. The highest BCUT2D eigenvalue weighted by atomic mass is 16.5. The van der Waals surface area contributed by atoms with Crippen molar-refractivity contribution in [3.8, 4) is 0 Å². The van der Waals surface area contributed by atoms with Crippen molar-refractivity contribution in [3.63, 3.8) is 0 Å². The first kappa shape index (κ1) is 19.6. The van der Waals surface area contributed by atoms with E-state index in [1.807, 2.05) is 0 Å². The van der Waals surface area contributed by atoms with Crippen molar-refractivity contribution < 1.29 is 24.9 Å². The summed E-state index contributed by atoms with van der Waals surface area (Å²) in [6, 6.07) is 0. The number of rotatable bonds is 4. The Balaban J connectivity index is 0.000000885. The highest BCUT2D eigenvalue weighted by Gasteiger charge is 2.36. The van der Waals surface area contributed by atoms with E-state index in [4.69, 9.17) is 21.4 Å². The van der Waals surface area contributed by atoms with Gasteiger partial charge >= 0.3 is 0 Å². The predicted octanol–water partition coefficient (Wildman–Crippen LogP) is -2.65.